The van der Waals surface area contributed by atoms with Gasteiger partial charge < -0.3 is 10.5 Å². The summed E-state index contributed by atoms with van der Waals surface area (Å²) in [6, 6.07) is 8.40. The van der Waals surface area contributed by atoms with Gasteiger partial charge in [-0.05, 0) is 29.4 Å². The summed E-state index contributed by atoms with van der Waals surface area (Å²) >= 11 is 0. The predicted molar refractivity (Wildman–Crippen MR) is 85.4 cm³/mol. The minimum Gasteiger partial charge on any atom is -0.381 e. The number of hydrogen-bond acceptors (Lipinski definition) is 3. The lowest BCUT2D eigenvalue weighted by Gasteiger charge is -2.34. The van der Waals surface area contributed by atoms with Gasteiger partial charge in [-0.15, -0.1) is 0 Å². The highest BCUT2D eigenvalue weighted by Crippen LogP contribution is 2.32. The molecule has 1 aliphatic rings. The molecule has 2 rings (SSSR count). The highest BCUT2D eigenvalue weighted by molar-refractivity contribution is 5.87. The van der Waals surface area contributed by atoms with Gasteiger partial charge in [0.25, 0.3) is 0 Å². The van der Waals surface area contributed by atoms with Crippen molar-refractivity contribution in [3.05, 3.63) is 35.4 Å². The van der Waals surface area contributed by atoms with E-state index in [1.165, 1.54) is 5.56 Å². The first-order chi connectivity index (χ1) is 9.87. The van der Waals surface area contributed by atoms with Crippen LogP contribution in [0.5, 0.6) is 0 Å². The largest absolute Gasteiger partial charge is 0.381 e. The van der Waals surface area contributed by atoms with Gasteiger partial charge in [-0.1, -0.05) is 45.0 Å². The molecule has 0 spiro atoms. The van der Waals surface area contributed by atoms with E-state index in [0.29, 0.717) is 26.2 Å². The third kappa shape index (κ3) is 3.72. The molecule has 0 saturated carbocycles. The second-order valence-corrected chi connectivity index (χ2v) is 7.14. The summed E-state index contributed by atoms with van der Waals surface area (Å²) in [5.74, 6) is 0.261. The Bertz CT molecular complexity index is 479. The summed E-state index contributed by atoms with van der Waals surface area (Å²) < 4.78 is 5.37. The molecule has 1 aromatic rings. The fourth-order valence-electron chi connectivity index (χ4n) is 2.85. The maximum atomic E-state index is 12.7. The van der Waals surface area contributed by atoms with Gasteiger partial charge in [0, 0.05) is 31.6 Å². The predicted octanol–water partition coefficient (Wildman–Crippen LogP) is 2.85. The number of hydrogen-bond donors (Lipinski definition) is 1. The molecule has 1 aromatic carbocycles. The molecule has 0 bridgehead atoms. The smallest absolute Gasteiger partial charge is 0.144 e. The molecule has 0 amide bonds. The summed E-state index contributed by atoms with van der Waals surface area (Å²) in [4.78, 5) is 12.7. The summed E-state index contributed by atoms with van der Waals surface area (Å²) in [7, 11) is 0. The van der Waals surface area contributed by atoms with E-state index in [1.807, 2.05) is 0 Å². The molecule has 1 fully saturated rings. The summed E-state index contributed by atoms with van der Waals surface area (Å²) in [6.45, 7) is 8.29. The lowest BCUT2D eigenvalue weighted by molar-refractivity contribution is -0.132. The monoisotopic (exact) mass is 289 g/mol. The van der Waals surface area contributed by atoms with Gasteiger partial charge in [0.05, 0.1) is 0 Å². The lowest BCUT2D eigenvalue weighted by atomic mass is 9.74. The number of nitrogens with two attached hydrogens (primary N) is 1. The van der Waals surface area contributed by atoms with E-state index < -0.39 is 0 Å². The standard InChI is InChI=1S/C18H27NO2/c1-17(2,3)15-6-4-14(5-7-15)12-16(20)18(13-19)8-10-21-11-9-18/h4-7H,8-13,19H2,1-3H3. The molecular weight excluding hydrogens is 262 g/mol. The zero-order valence-corrected chi connectivity index (χ0v) is 13.4. The molecule has 2 N–H and O–H groups in total. The van der Waals surface area contributed by atoms with Crippen molar-refractivity contribution in [2.45, 2.75) is 45.4 Å². The minimum absolute atomic E-state index is 0.141. The van der Waals surface area contributed by atoms with Gasteiger partial charge in [-0.25, -0.2) is 0 Å². The second-order valence-electron chi connectivity index (χ2n) is 7.14. The summed E-state index contributed by atoms with van der Waals surface area (Å²) in [5, 5.41) is 0. The molecule has 3 heteroatoms. The van der Waals surface area contributed by atoms with Crippen molar-refractivity contribution in [2.75, 3.05) is 19.8 Å². The van der Waals surface area contributed by atoms with E-state index in [2.05, 4.69) is 45.0 Å². The van der Waals surface area contributed by atoms with Crippen LogP contribution in [0.15, 0.2) is 24.3 Å². The highest BCUT2D eigenvalue weighted by Gasteiger charge is 2.38. The quantitative estimate of drug-likeness (QED) is 0.927. The Morgan fingerprint density at radius 2 is 1.76 bits per heavy atom. The summed E-state index contributed by atoms with van der Waals surface area (Å²) in [6.07, 6.45) is 1.98. The van der Waals surface area contributed by atoms with Gasteiger partial charge in [-0.2, -0.15) is 0 Å². The average Bonchev–Trinajstić information content (AvgIpc) is 2.47. The van der Waals surface area contributed by atoms with Crippen LogP contribution in [-0.4, -0.2) is 25.5 Å². The number of benzene rings is 1. The Labute approximate surface area is 127 Å². The first-order valence-electron chi connectivity index (χ1n) is 7.78. The molecular formula is C18H27NO2. The molecule has 3 nitrogen and oxygen atoms in total. The Hall–Kier alpha value is -1.19. The topological polar surface area (TPSA) is 52.3 Å². The fraction of sp³-hybridized carbons (Fsp3) is 0.611. The maximum absolute atomic E-state index is 12.7. The third-order valence-electron chi connectivity index (χ3n) is 4.62. The van der Waals surface area contributed by atoms with Gasteiger partial charge >= 0.3 is 0 Å². The van der Waals surface area contributed by atoms with Crippen LogP contribution in [0.4, 0.5) is 0 Å². The van der Waals surface area contributed by atoms with Crippen molar-refractivity contribution in [3.8, 4) is 0 Å². The van der Waals surface area contributed by atoms with E-state index >= 15 is 0 Å². The third-order valence-corrected chi connectivity index (χ3v) is 4.62. The van der Waals surface area contributed by atoms with Crippen molar-refractivity contribution in [3.63, 3.8) is 0 Å². The minimum atomic E-state index is -0.374. The molecule has 1 heterocycles. The second kappa shape index (κ2) is 6.29. The van der Waals surface area contributed by atoms with Gasteiger partial charge in [0.1, 0.15) is 5.78 Å². The molecule has 1 saturated heterocycles. The number of ketones is 1. The van der Waals surface area contributed by atoms with Crippen LogP contribution in [0.2, 0.25) is 0 Å². The van der Waals surface area contributed by atoms with Crippen LogP contribution in [0.1, 0.15) is 44.7 Å². The van der Waals surface area contributed by atoms with Crippen molar-refractivity contribution < 1.29 is 9.53 Å². The van der Waals surface area contributed by atoms with E-state index in [4.69, 9.17) is 10.5 Å². The zero-order valence-electron chi connectivity index (χ0n) is 13.4. The van der Waals surface area contributed by atoms with Crippen molar-refractivity contribution in [1.29, 1.82) is 0 Å². The van der Waals surface area contributed by atoms with Crippen LogP contribution >= 0.6 is 0 Å². The van der Waals surface area contributed by atoms with Crippen LogP contribution in [0.3, 0.4) is 0 Å². The van der Waals surface area contributed by atoms with E-state index in [1.54, 1.807) is 0 Å². The first kappa shape index (κ1) is 16.2. The van der Waals surface area contributed by atoms with E-state index in [0.717, 1.165) is 18.4 Å². The molecule has 21 heavy (non-hydrogen) atoms. The lowest BCUT2D eigenvalue weighted by Crippen LogP contribution is -2.44. The van der Waals surface area contributed by atoms with Gasteiger partial charge in [-0.3, -0.25) is 4.79 Å². The van der Waals surface area contributed by atoms with Crippen LogP contribution < -0.4 is 5.73 Å². The van der Waals surface area contributed by atoms with Crippen LogP contribution in [-0.2, 0) is 21.4 Å². The maximum Gasteiger partial charge on any atom is 0.144 e. The van der Waals surface area contributed by atoms with Gasteiger partial charge in [0.2, 0.25) is 0 Å². The number of carbonyl (C=O) groups is 1. The first-order valence-corrected chi connectivity index (χ1v) is 7.78. The Morgan fingerprint density at radius 3 is 2.24 bits per heavy atom. The molecule has 1 aliphatic heterocycles. The number of rotatable bonds is 4. The molecule has 0 atom stereocenters. The van der Waals surface area contributed by atoms with E-state index in [-0.39, 0.29) is 16.6 Å². The average molecular weight is 289 g/mol. The van der Waals surface area contributed by atoms with Gasteiger partial charge in [0.15, 0.2) is 0 Å². The molecule has 0 unspecified atom stereocenters. The molecule has 0 radical (unpaired) electrons. The summed E-state index contributed by atoms with van der Waals surface area (Å²) in [5.41, 5.74) is 8.03. The number of ether oxygens (including phenoxy) is 1. The van der Waals surface area contributed by atoms with Crippen LogP contribution in [0, 0.1) is 5.41 Å². The van der Waals surface area contributed by atoms with Crippen molar-refractivity contribution in [1.82, 2.24) is 0 Å². The Kier molecular flexibility index (Phi) is 4.84. The fourth-order valence-corrected chi connectivity index (χ4v) is 2.85. The van der Waals surface area contributed by atoms with Crippen molar-refractivity contribution in [2.24, 2.45) is 11.1 Å². The number of Topliss-reactive ketones (excluding diaryl/α,β-unsaturated/α-hetero) is 1. The van der Waals surface area contributed by atoms with Crippen molar-refractivity contribution >= 4 is 5.78 Å². The Balaban J connectivity index is 2.08. The Morgan fingerprint density at radius 1 is 1.19 bits per heavy atom. The molecule has 0 aromatic heterocycles. The zero-order chi connectivity index (χ0) is 15.5. The normalized spacial score (nSPS) is 18.5. The van der Waals surface area contributed by atoms with E-state index in [9.17, 15) is 4.79 Å². The molecule has 0 aliphatic carbocycles. The molecule has 116 valence electrons. The SMILES string of the molecule is CC(C)(C)c1ccc(CC(=O)C2(CN)CCOCC2)cc1. The van der Waals surface area contributed by atoms with Crippen LogP contribution in [0.25, 0.3) is 0 Å². The highest BCUT2D eigenvalue weighted by atomic mass is 16.5. The number of carbonyl (C=O) groups excluding carboxylic acids is 1.